The molecular formula is C31H33ClN2P2. The van der Waals surface area contributed by atoms with Gasteiger partial charge in [-0.1, -0.05) is 120 Å². The number of halogens is 1. The third-order valence-electron chi connectivity index (χ3n) is 6.04. The molecule has 0 aliphatic heterocycles. The molecule has 0 amide bonds. The van der Waals surface area contributed by atoms with E-state index in [4.69, 9.17) is 21.6 Å². The van der Waals surface area contributed by atoms with Crippen LogP contribution in [0, 0.1) is 0 Å². The lowest BCUT2D eigenvalue weighted by molar-refractivity contribution is 0.986. The molecule has 0 aliphatic carbocycles. The molecule has 0 saturated carbocycles. The maximum atomic E-state index is 6.46. The Morgan fingerprint density at radius 2 is 1.39 bits per heavy atom. The molecule has 36 heavy (non-hydrogen) atoms. The average Bonchev–Trinajstić information content (AvgIpc) is 2.88. The SMILES string of the molecule is CC(C)P(Cc1cccc(C=Nc2cc(Cl)ccc2P(c2ccccc2)c2ccccc2)n1)C(C)C. The number of hydrogen-bond acceptors (Lipinski definition) is 2. The second-order valence-electron chi connectivity index (χ2n) is 9.31. The van der Waals surface area contributed by atoms with Gasteiger partial charge in [0.25, 0.3) is 0 Å². The van der Waals surface area contributed by atoms with Gasteiger partial charge in [-0.3, -0.25) is 9.98 Å². The van der Waals surface area contributed by atoms with E-state index in [-0.39, 0.29) is 7.92 Å². The number of aromatic nitrogens is 1. The van der Waals surface area contributed by atoms with E-state index < -0.39 is 7.92 Å². The standard InChI is InChI=1S/C31H33ClN2P2/c1-23(2)35(24(3)4)22-27-13-11-12-26(34-27)21-33-30-20-25(32)18-19-31(30)36(28-14-7-5-8-15-28)29-16-9-6-10-17-29/h5-21,23-24H,22H2,1-4H3. The molecule has 0 radical (unpaired) electrons. The molecule has 0 fully saturated rings. The summed E-state index contributed by atoms with van der Waals surface area (Å²) in [6.45, 7) is 9.32. The van der Waals surface area contributed by atoms with Crippen molar-refractivity contribution < 1.29 is 0 Å². The topological polar surface area (TPSA) is 25.2 Å². The molecule has 2 nitrogen and oxygen atoms in total. The van der Waals surface area contributed by atoms with E-state index in [9.17, 15) is 0 Å². The molecule has 4 rings (SSSR count). The van der Waals surface area contributed by atoms with Crippen molar-refractivity contribution in [3.05, 3.63) is 113 Å². The zero-order valence-corrected chi connectivity index (χ0v) is 23.9. The smallest absolute Gasteiger partial charge is 0.0816 e. The Balaban J connectivity index is 1.70. The quantitative estimate of drug-likeness (QED) is 0.159. The first-order valence-electron chi connectivity index (χ1n) is 12.4. The summed E-state index contributed by atoms with van der Waals surface area (Å²) in [5.41, 5.74) is 4.28. The van der Waals surface area contributed by atoms with Crippen LogP contribution >= 0.6 is 27.4 Å². The van der Waals surface area contributed by atoms with Gasteiger partial charge in [0.05, 0.1) is 17.6 Å². The molecule has 4 aromatic rings. The Kier molecular flexibility index (Phi) is 9.44. The Morgan fingerprint density at radius 1 is 0.778 bits per heavy atom. The zero-order valence-electron chi connectivity index (χ0n) is 21.3. The fourth-order valence-corrected chi connectivity index (χ4v) is 9.32. The Bertz CT molecular complexity index is 1240. The number of pyridine rings is 1. The first-order valence-corrected chi connectivity index (χ1v) is 15.8. The van der Waals surface area contributed by atoms with Crippen molar-refractivity contribution in [2.24, 2.45) is 4.99 Å². The van der Waals surface area contributed by atoms with Gasteiger partial charge in [0.1, 0.15) is 0 Å². The van der Waals surface area contributed by atoms with Crippen molar-refractivity contribution in [2.45, 2.75) is 45.2 Å². The van der Waals surface area contributed by atoms with E-state index in [0.29, 0.717) is 16.3 Å². The van der Waals surface area contributed by atoms with E-state index in [1.54, 1.807) is 0 Å². The fourth-order valence-electron chi connectivity index (χ4n) is 4.31. The van der Waals surface area contributed by atoms with Gasteiger partial charge in [-0.25, -0.2) is 0 Å². The summed E-state index contributed by atoms with van der Waals surface area (Å²) in [6.07, 6.45) is 2.93. The molecule has 0 bridgehead atoms. The van der Waals surface area contributed by atoms with Gasteiger partial charge < -0.3 is 0 Å². The summed E-state index contributed by atoms with van der Waals surface area (Å²) in [7, 11) is -0.894. The van der Waals surface area contributed by atoms with Crippen LogP contribution in [0.2, 0.25) is 5.02 Å². The molecule has 184 valence electrons. The number of aliphatic imine (C=N–C) groups is 1. The largest absolute Gasteiger partial charge is 0.254 e. The maximum absolute atomic E-state index is 6.46. The van der Waals surface area contributed by atoms with Gasteiger partial charge in [0.15, 0.2) is 0 Å². The summed E-state index contributed by atoms with van der Waals surface area (Å²) >= 11 is 6.46. The Morgan fingerprint density at radius 3 is 1.97 bits per heavy atom. The van der Waals surface area contributed by atoms with Crippen LogP contribution in [0.5, 0.6) is 0 Å². The molecule has 1 aromatic heterocycles. The second kappa shape index (κ2) is 12.7. The monoisotopic (exact) mass is 530 g/mol. The van der Waals surface area contributed by atoms with Crippen LogP contribution < -0.4 is 15.9 Å². The third kappa shape index (κ3) is 6.89. The summed E-state index contributed by atoms with van der Waals surface area (Å²) in [5.74, 6) is 0. The van der Waals surface area contributed by atoms with E-state index in [2.05, 4.69) is 107 Å². The van der Waals surface area contributed by atoms with E-state index in [0.717, 1.165) is 23.2 Å². The zero-order chi connectivity index (χ0) is 25.5. The lowest BCUT2D eigenvalue weighted by Crippen LogP contribution is -2.20. The second-order valence-corrected chi connectivity index (χ2v) is 15.3. The van der Waals surface area contributed by atoms with Crippen molar-refractivity contribution in [3.63, 3.8) is 0 Å². The molecule has 0 atom stereocenters. The number of benzene rings is 3. The highest BCUT2D eigenvalue weighted by Gasteiger charge is 2.20. The van der Waals surface area contributed by atoms with Crippen molar-refractivity contribution in [1.29, 1.82) is 0 Å². The minimum atomic E-state index is -0.782. The lowest BCUT2D eigenvalue weighted by atomic mass is 10.3. The lowest BCUT2D eigenvalue weighted by Gasteiger charge is -2.25. The predicted octanol–water partition coefficient (Wildman–Crippen LogP) is 8.04. The van der Waals surface area contributed by atoms with Crippen molar-refractivity contribution >= 4 is 55.3 Å². The van der Waals surface area contributed by atoms with E-state index in [1.165, 1.54) is 15.9 Å². The number of rotatable bonds is 9. The van der Waals surface area contributed by atoms with Crippen LogP contribution in [-0.2, 0) is 6.16 Å². The normalized spacial score (nSPS) is 11.9. The van der Waals surface area contributed by atoms with Crippen molar-refractivity contribution in [2.75, 3.05) is 0 Å². The van der Waals surface area contributed by atoms with Crippen LogP contribution in [0.25, 0.3) is 0 Å². The van der Waals surface area contributed by atoms with Gasteiger partial charge in [0.2, 0.25) is 0 Å². The van der Waals surface area contributed by atoms with Crippen LogP contribution in [0.4, 0.5) is 5.69 Å². The minimum Gasteiger partial charge on any atom is -0.254 e. The summed E-state index contributed by atoms with van der Waals surface area (Å²) < 4.78 is 0. The minimum absolute atomic E-state index is 0.112. The molecule has 0 aliphatic rings. The van der Waals surface area contributed by atoms with E-state index in [1.807, 2.05) is 24.4 Å². The third-order valence-corrected chi connectivity index (χ3v) is 12.1. The van der Waals surface area contributed by atoms with Gasteiger partial charge in [-0.2, -0.15) is 0 Å². The number of hydrogen-bond donors (Lipinski definition) is 0. The number of nitrogens with zero attached hydrogens (tertiary/aromatic N) is 2. The van der Waals surface area contributed by atoms with Crippen molar-refractivity contribution in [3.8, 4) is 0 Å². The van der Waals surface area contributed by atoms with Crippen LogP contribution in [0.15, 0.2) is 102 Å². The maximum Gasteiger partial charge on any atom is 0.0816 e. The van der Waals surface area contributed by atoms with Crippen LogP contribution in [-0.4, -0.2) is 22.5 Å². The Hall–Kier alpha value is -2.37. The average molecular weight is 531 g/mol. The predicted molar refractivity (Wildman–Crippen MR) is 163 cm³/mol. The fraction of sp³-hybridized carbons (Fsp3) is 0.226. The van der Waals surface area contributed by atoms with Gasteiger partial charge >= 0.3 is 0 Å². The first-order chi connectivity index (χ1) is 17.4. The Labute approximate surface area is 223 Å². The highest BCUT2D eigenvalue weighted by Crippen LogP contribution is 2.48. The molecular weight excluding hydrogens is 498 g/mol. The first kappa shape index (κ1) is 26.7. The van der Waals surface area contributed by atoms with Gasteiger partial charge in [-0.05, 0) is 54.1 Å². The van der Waals surface area contributed by atoms with E-state index >= 15 is 0 Å². The molecule has 0 unspecified atom stereocenters. The highest BCUT2D eigenvalue weighted by atomic mass is 35.5. The molecule has 1 heterocycles. The van der Waals surface area contributed by atoms with Crippen LogP contribution in [0.1, 0.15) is 39.1 Å². The molecule has 0 saturated heterocycles. The van der Waals surface area contributed by atoms with Gasteiger partial charge in [-0.15, -0.1) is 0 Å². The highest BCUT2D eigenvalue weighted by molar-refractivity contribution is 7.80. The molecule has 5 heteroatoms. The summed E-state index contributed by atoms with van der Waals surface area (Å²) in [5, 5.41) is 4.44. The van der Waals surface area contributed by atoms with Crippen LogP contribution in [0.3, 0.4) is 0 Å². The molecule has 3 aromatic carbocycles. The summed E-state index contributed by atoms with van der Waals surface area (Å²) in [4.78, 5) is 9.89. The van der Waals surface area contributed by atoms with Crippen molar-refractivity contribution in [1.82, 2.24) is 4.98 Å². The molecule has 0 N–H and O–H groups in total. The van der Waals surface area contributed by atoms with Gasteiger partial charge in [0, 0.05) is 22.2 Å². The molecule has 0 spiro atoms. The summed E-state index contributed by atoms with van der Waals surface area (Å²) in [6, 6.07) is 33.7.